The first-order chi connectivity index (χ1) is 17.6. The maximum atomic E-state index is 14.9. The van der Waals surface area contributed by atoms with E-state index >= 15 is 0 Å². The van der Waals surface area contributed by atoms with Gasteiger partial charge in [-0.1, -0.05) is 36.4 Å². The quantitative estimate of drug-likeness (QED) is 0.162. The molecule has 1 fully saturated rings. The molecule has 1 aliphatic rings. The molecule has 196 valence electrons. The van der Waals surface area contributed by atoms with Gasteiger partial charge >= 0.3 is 11.7 Å². The van der Waals surface area contributed by atoms with Gasteiger partial charge in [0, 0.05) is 28.5 Å². The van der Waals surface area contributed by atoms with Crippen LogP contribution < -0.4 is 10.1 Å². The maximum Gasteiger partial charge on any atom is 0.507 e. The predicted molar refractivity (Wildman–Crippen MR) is 126 cm³/mol. The molecule has 7 nitrogen and oxygen atoms in total. The second kappa shape index (κ2) is 10.9. The topological polar surface area (TPSA) is 94.1 Å². The zero-order chi connectivity index (χ0) is 26.6. The van der Waals surface area contributed by atoms with Gasteiger partial charge in [-0.25, -0.2) is 9.18 Å². The van der Waals surface area contributed by atoms with Crippen molar-refractivity contribution in [3.05, 3.63) is 71.5 Å². The second-order valence-electron chi connectivity index (χ2n) is 8.19. The number of benzene rings is 3. The van der Waals surface area contributed by atoms with Crippen molar-refractivity contribution in [2.24, 2.45) is 0 Å². The monoisotopic (exact) mass is 539 g/mol. The smallest absolute Gasteiger partial charge is 0.487 e. The zero-order valence-electron chi connectivity index (χ0n) is 19.1. The van der Waals surface area contributed by atoms with Crippen LogP contribution in [0.4, 0.5) is 22.4 Å². The summed E-state index contributed by atoms with van der Waals surface area (Å²) in [6.07, 6.45) is -1.48. The normalized spacial score (nSPS) is 15.2. The Morgan fingerprint density at radius 2 is 1.70 bits per heavy atom. The molecule has 0 aromatic heterocycles. The molecule has 0 unspecified atom stereocenters. The molecule has 0 bridgehead atoms. The number of rotatable bonds is 7. The molecule has 0 spiro atoms. The lowest BCUT2D eigenvalue weighted by Crippen LogP contribution is -2.54. The van der Waals surface area contributed by atoms with Crippen LogP contribution in [-0.2, 0) is 16.1 Å². The van der Waals surface area contributed by atoms with Crippen molar-refractivity contribution >= 4 is 34.6 Å². The van der Waals surface area contributed by atoms with Crippen molar-refractivity contribution in [2.75, 3.05) is 13.2 Å². The summed E-state index contributed by atoms with van der Waals surface area (Å²) in [5.74, 6) is -1.48. The van der Waals surface area contributed by atoms with E-state index in [1.165, 1.54) is 30.3 Å². The molecule has 3 aromatic carbocycles. The number of amides is 1. The number of fused-ring (bicyclic) bond motifs is 1. The highest BCUT2D eigenvalue weighted by atomic mass is 32.2. The Balaban J connectivity index is 1.64. The van der Waals surface area contributed by atoms with E-state index < -0.39 is 29.1 Å². The van der Waals surface area contributed by atoms with Crippen molar-refractivity contribution in [2.45, 2.75) is 35.6 Å². The van der Waals surface area contributed by atoms with Crippen LogP contribution in [0.15, 0.2) is 59.5 Å². The van der Waals surface area contributed by atoms with E-state index in [0.29, 0.717) is 5.56 Å². The van der Waals surface area contributed by atoms with Gasteiger partial charge < -0.3 is 24.6 Å². The van der Waals surface area contributed by atoms with Gasteiger partial charge in [0.1, 0.15) is 18.2 Å². The fourth-order valence-electron chi connectivity index (χ4n) is 3.97. The molecule has 4 rings (SSSR count). The van der Waals surface area contributed by atoms with Gasteiger partial charge in [0.15, 0.2) is 5.72 Å². The van der Waals surface area contributed by atoms with Gasteiger partial charge in [0.25, 0.3) is 5.91 Å². The molecular formula is C25H21F4NO6S. The number of ether oxygens (including phenoxy) is 3. The van der Waals surface area contributed by atoms with Crippen molar-refractivity contribution in [1.29, 1.82) is 0 Å². The third-order valence-electron chi connectivity index (χ3n) is 5.65. The Hall–Kier alpha value is -3.51. The van der Waals surface area contributed by atoms with E-state index in [9.17, 15) is 32.3 Å². The zero-order valence-corrected chi connectivity index (χ0v) is 20.0. The lowest BCUT2D eigenvalue weighted by atomic mass is 10.0. The summed E-state index contributed by atoms with van der Waals surface area (Å²) in [6, 6.07) is 12.8. The number of thioether (sulfide) groups is 1. The highest BCUT2D eigenvalue weighted by Gasteiger charge is 2.39. The summed E-state index contributed by atoms with van der Waals surface area (Å²) in [6.45, 7) is 0.161. The number of carbonyl (C=O) groups is 2. The SMILES string of the molecule is O=C(O)OC1(NC(=O)c2cc(F)c3ccccc3c2OCc2ccc(SC(F)(F)F)cc2)CCOCC1. The third kappa shape index (κ3) is 6.63. The van der Waals surface area contributed by atoms with E-state index in [4.69, 9.17) is 14.2 Å². The van der Waals surface area contributed by atoms with E-state index in [1.54, 1.807) is 18.2 Å². The molecule has 2 N–H and O–H groups in total. The van der Waals surface area contributed by atoms with Crippen LogP contribution in [0.1, 0.15) is 28.8 Å². The first-order valence-electron chi connectivity index (χ1n) is 11.1. The summed E-state index contributed by atoms with van der Waals surface area (Å²) in [7, 11) is 0. The van der Waals surface area contributed by atoms with Crippen molar-refractivity contribution < 1.29 is 46.5 Å². The highest BCUT2D eigenvalue weighted by Crippen LogP contribution is 2.37. The van der Waals surface area contributed by atoms with Gasteiger partial charge in [-0.15, -0.1) is 0 Å². The van der Waals surface area contributed by atoms with Crippen LogP contribution in [0.5, 0.6) is 5.75 Å². The van der Waals surface area contributed by atoms with E-state index in [2.05, 4.69) is 5.32 Å². The van der Waals surface area contributed by atoms with Gasteiger partial charge in [0.05, 0.1) is 18.8 Å². The first-order valence-corrected chi connectivity index (χ1v) is 11.9. The minimum absolute atomic E-state index is 0.00346. The van der Waals surface area contributed by atoms with Gasteiger partial charge in [0.2, 0.25) is 0 Å². The van der Waals surface area contributed by atoms with Gasteiger partial charge in [-0.05, 0) is 35.5 Å². The van der Waals surface area contributed by atoms with E-state index in [0.717, 1.165) is 6.07 Å². The van der Waals surface area contributed by atoms with Gasteiger partial charge in [-0.2, -0.15) is 13.2 Å². The van der Waals surface area contributed by atoms with Gasteiger partial charge in [-0.3, -0.25) is 4.79 Å². The number of hydrogen-bond acceptors (Lipinski definition) is 6. The minimum Gasteiger partial charge on any atom is -0.487 e. The Bertz CT molecular complexity index is 1290. The van der Waals surface area contributed by atoms with Crippen molar-refractivity contribution in [1.82, 2.24) is 5.32 Å². The Labute approximate surface area is 212 Å². The average molecular weight is 540 g/mol. The third-order valence-corrected chi connectivity index (χ3v) is 6.39. The molecule has 37 heavy (non-hydrogen) atoms. The molecular weight excluding hydrogens is 518 g/mol. The van der Waals surface area contributed by atoms with Crippen LogP contribution in [0, 0.1) is 5.82 Å². The lowest BCUT2D eigenvalue weighted by molar-refractivity contribution is -0.0976. The Morgan fingerprint density at radius 1 is 1.05 bits per heavy atom. The highest BCUT2D eigenvalue weighted by molar-refractivity contribution is 8.00. The average Bonchev–Trinajstić information content (AvgIpc) is 2.83. The summed E-state index contributed by atoms with van der Waals surface area (Å²) >= 11 is -0.244. The number of carboxylic acid groups (broad SMARTS) is 1. The number of alkyl halides is 3. The standard InChI is InChI=1S/C25H21F4NO6S/c26-20-13-19(22(31)30-24(36-23(32)33)9-11-34-12-10-24)21(18-4-2-1-3-17(18)20)35-14-15-5-7-16(8-6-15)37-25(27,28)29/h1-8,13H,9-12,14H2,(H,30,31)(H,32,33). The van der Waals surface area contributed by atoms with E-state index in [-0.39, 0.29) is 71.4 Å². The van der Waals surface area contributed by atoms with Crippen LogP contribution in [0.25, 0.3) is 10.8 Å². The molecule has 3 aromatic rings. The molecule has 0 radical (unpaired) electrons. The van der Waals surface area contributed by atoms with E-state index in [1.807, 2.05) is 0 Å². The molecule has 1 heterocycles. The molecule has 12 heteroatoms. The van der Waals surface area contributed by atoms with Crippen LogP contribution in [0.2, 0.25) is 0 Å². The van der Waals surface area contributed by atoms with Crippen molar-refractivity contribution in [3.8, 4) is 5.75 Å². The molecule has 0 saturated carbocycles. The summed E-state index contributed by atoms with van der Waals surface area (Å²) in [4.78, 5) is 24.6. The lowest BCUT2D eigenvalue weighted by Gasteiger charge is -2.36. The molecule has 0 atom stereocenters. The predicted octanol–water partition coefficient (Wildman–Crippen LogP) is 6.10. The fraction of sp³-hybridized carbons (Fsp3) is 0.280. The van der Waals surface area contributed by atoms with Crippen LogP contribution >= 0.6 is 11.8 Å². The van der Waals surface area contributed by atoms with Crippen molar-refractivity contribution in [3.63, 3.8) is 0 Å². The number of halogens is 4. The summed E-state index contributed by atoms with van der Waals surface area (Å²) in [5.41, 5.74) is -5.66. The summed E-state index contributed by atoms with van der Waals surface area (Å²) < 4.78 is 68.9. The van der Waals surface area contributed by atoms with Crippen LogP contribution in [-0.4, -0.2) is 41.6 Å². The molecule has 1 amide bonds. The molecule has 0 aliphatic carbocycles. The van der Waals surface area contributed by atoms with Crippen LogP contribution in [0.3, 0.4) is 0 Å². The second-order valence-corrected chi connectivity index (χ2v) is 9.33. The maximum absolute atomic E-state index is 14.9. The number of nitrogens with one attached hydrogen (secondary N) is 1. The summed E-state index contributed by atoms with van der Waals surface area (Å²) in [5, 5.41) is 12.2. The fourth-order valence-corrected chi connectivity index (χ4v) is 4.51. The Morgan fingerprint density at radius 3 is 2.32 bits per heavy atom. The molecule has 1 saturated heterocycles. The number of carbonyl (C=O) groups excluding carboxylic acids is 1. The molecule has 1 aliphatic heterocycles. The Kier molecular flexibility index (Phi) is 7.79. The number of hydrogen-bond donors (Lipinski definition) is 2. The largest absolute Gasteiger partial charge is 0.507 e. The minimum atomic E-state index is -4.42. The first kappa shape index (κ1) is 26.6.